The number of methoxy groups -OCH3 is 1. The Morgan fingerprint density at radius 2 is 1.40 bits per heavy atom. The van der Waals surface area contributed by atoms with Gasteiger partial charge in [0.25, 0.3) is 0 Å². The van der Waals surface area contributed by atoms with Crippen molar-refractivity contribution >= 4 is 0 Å². The predicted molar refractivity (Wildman–Crippen MR) is 130 cm³/mol. The van der Waals surface area contributed by atoms with Crippen LogP contribution in [-0.2, 0) is 16.1 Å². The molecule has 0 unspecified atom stereocenters. The van der Waals surface area contributed by atoms with Crippen molar-refractivity contribution in [2.75, 3.05) is 20.3 Å². The molecule has 2 aromatic carbocycles. The lowest BCUT2D eigenvalue weighted by Crippen LogP contribution is -2.21. The van der Waals surface area contributed by atoms with Crippen LogP contribution in [0.5, 0.6) is 5.75 Å². The second-order valence-corrected chi connectivity index (χ2v) is 10.0. The fourth-order valence-electron chi connectivity index (χ4n) is 5.64. The molecule has 2 aliphatic carbocycles. The highest BCUT2D eigenvalue weighted by Crippen LogP contribution is 2.41. The molecule has 192 valence electrons. The van der Waals surface area contributed by atoms with Crippen molar-refractivity contribution in [1.82, 2.24) is 0 Å². The summed E-state index contributed by atoms with van der Waals surface area (Å²) in [5.41, 5.74) is 1.78. The van der Waals surface area contributed by atoms with Crippen LogP contribution in [0.3, 0.4) is 0 Å². The Morgan fingerprint density at radius 1 is 0.800 bits per heavy atom. The molecule has 6 heteroatoms. The first kappa shape index (κ1) is 26.0. The zero-order valence-electron chi connectivity index (χ0n) is 20.8. The van der Waals surface area contributed by atoms with Gasteiger partial charge in [0, 0.05) is 13.7 Å². The molecule has 2 aliphatic rings. The maximum atomic E-state index is 15.1. The standard InChI is InChI=1S/C29H37F3O3/c1-3-34-17-20-6-15-27(26(30)16-20)35-18-19-4-7-21(8-5-19)24-13-14-25(29(32)28(24)31)22-9-11-23(33-2)12-10-22/h6,13-16,19,21-23H,3-5,7-12,17-18H2,1-2H3. The molecule has 2 aromatic rings. The van der Waals surface area contributed by atoms with Gasteiger partial charge in [-0.2, -0.15) is 0 Å². The molecular formula is C29H37F3O3. The summed E-state index contributed by atoms with van der Waals surface area (Å²) in [7, 11) is 1.71. The second kappa shape index (κ2) is 12.3. The van der Waals surface area contributed by atoms with Gasteiger partial charge in [0.2, 0.25) is 0 Å². The van der Waals surface area contributed by atoms with Crippen LogP contribution in [-0.4, -0.2) is 26.4 Å². The van der Waals surface area contributed by atoms with Crippen LogP contribution in [0.15, 0.2) is 30.3 Å². The molecule has 35 heavy (non-hydrogen) atoms. The van der Waals surface area contributed by atoms with Crippen LogP contribution >= 0.6 is 0 Å². The Labute approximate surface area is 207 Å². The maximum absolute atomic E-state index is 15.1. The van der Waals surface area contributed by atoms with E-state index in [9.17, 15) is 4.39 Å². The minimum Gasteiger partial charge on any atom is -0.490 e. The van der Waals surface area contributed by atoms with Gasteiger partial charge >= 0.3 is 0 Å². The molecule has 0 radical (unpaired) electrons. The highest BCUT2D eigenvalue weighted by Gasteiger charge is 2.30. The Kier molecular flexibility index (Phi) is 9.12. The lowest BCUT2D eigenvalue weighted by atomic mass is 9.77. The first-order chi connectivity index (χ1) is 17.0. The van der Waals surface area contributed by atoms with E-state index in [0.717, 1.165) is 56.9 Å². The first-order valence-corrected chi connectivity index (χ1v) is 13.0. The van der Waals surface area contributed by atoms with E-state index in [1.807, 2.05) is 13.0 Å². The SMILES string of the molecule is CCOCc1ccc(OCC2CCC(c3ccc(C4CCC(OC)CC4)c(F)c3F)CC2)c(F)c1. The van der Waals surface area contributed by atoms with Crippen molar-refractivity contribution < 1.29 is 27.4 Å². The lowest BCUT2D eigenvalue weighted by Gasteiger charge is -2.30. The molecule has 2 fully saturated rings. The second-order valence-electron chi connectivity index (χ2n) is 10.0. The molecule has 0 atom stereocenters. The van der Waals surface area contributed by atoms with Gasteiger partial charge in [-0.15, -0.1) is 0 Å². The van der Waals surface area contributed by atoms with Crippen molar-refractivity contribution in [2.24, 2.45) is 5.92 Å². The van der Waals surface area contributed by atoms with Crippen LogP contribution in [0.2, 0.25) is 0 Å². The molecular weight excluding hydrogens is 453 g/mol. The molecule has 0 spiro atoms. The Hall–Kier alpha value is -2.05. The Balaban J connectivity index is 1.30. The van der Waals surface area contributed by atoms with E-state index < -0.39 is 11.6 Å². The van der Waals surface area contributed by atoms with Gasteiger partial charge in [-0.1, -0.05) is 18.2 Å². The predicted octanol–water partition coefficient (Wildman–Crippen LogP) is 7.67. The third-order valence-electron chi connectivity index (χ3n) is 7.82. The normalized spacial score (nSPS) is 24.9. The average Bonchev–Trinajstić information content (AvgIpc) is 2.89. The van der Waals surface area contributed by atoms with E-state index in [1.54, 1.807) is 25.3 Å². The minimum absolute atomic E-state index is 0.00797. The topological polar surface area (TPSA) is 27.7 Å². The monoisotopic (exact) mass is 490 g/mol. The summed E-state index contributed by atoms with van der Waals surface area (Å²) in [6.45, 7) is 3.29. The fourth-order valence-corrected chi connectivity index (χ4v) is 5.64. The molecule has 0 aromatic heterocycles. The van der Waals surface area contributed by atoms with Crippen molar-refractivity contribution in [3.8, 4) is 5.75 Å². The van der Waals surface area contributed by atoms with E-state index >= 15 is 8.78 Å². The molecule has 0 bridgehead atoms. The summed E-state index contributed by atoms with van der Waals surface area (Å²) < 4.78 is 60.9. The summed E-state index contributed by atoms with van der Waals surface area (Å²) in [5, 5.41) is 0. The average molecular weight is 491 g/mol. The van der Waals surface area contributed by atoms with E-state index in [-0.39, 0.29) is 35.4 Å². The molecule has 0 aliphatic heterocycles. The lowest BCUT2D eigenvalue weighted by molar-refractivity contribution is 0.0655. The molecule has 2 saturated carbocycles. The first-order valence-electron chi connectivity index (χ1n) is 13.0. The largest absolute Gasteiger partial charge is 0.490 e. The third-order valence-corrected chi connectivity index (χ3v) is 7.82. The smallest absolute Gasteiger partial charge is 0.165 e. The Bertz CT molecular complexity index is 964. The Morgan fingerprint density at radius 3 is 1.94 bits per heavy atom. The number of hydrogen-bond donors (Lipinski definition) is 0. The summed E-state index contributed by atoms with van der Waals surface area (Å²) in [6, 6.07) is 8.52. The molecule has 0 amide bonds. The van der Waals surface area contributed by atoms with Crippen molar-refractivity contribution in [3.05, 3.63) is 64.5 Å². The van der Waals surface area contributed by atoms with Crippen molar-refractivity contribution in [1.29, 1.82) is 0 Å². The minimum atomic E-state index is -0.676. The van der Waals surface area contributed by atoms with Gasteiger partial charge in [0.15, 0.2) is 23.2 Å². The highest BCUT2D eigenvalue weighted by molar-refractivity contribution is 5.32. The summed E-state index contributed by atoms with van der Waals surface area (Å²) >= 11 is 0. The molecule has 0 heterocycles. The molecule has 0 N–H and O–H groups in total. The maximum Gasteiger partial charge on any atom is 0.165 e. The van der Waals surface area contributed by atoms with Crippen LogP contribution < -0.4 is 4.74 Å². The highest BCUT2D eigenvalue weighted by atomic mass is 19.2. The van der Waals surface area contributed by atoms with Crippen LogP contribution in [0.4, 0.5) is 13.2 Å². The van der Waals surface area contributed by atoms with Gasteiger partial charge in [-0.25, -0.2) is 13.2 Å². The van der Waals surface area contributed by atoms with E-state index in [1.165, 1.54) is 6.07 Å². The van der Waals surface area contributed by atoms with Gasteiger partial charge in [-0.05, 0) is 105 Å². The fraction of sp³-hybridized carbons (Fsp3) is 0.586. The van der Waals surface area contributed by atoms with Gasteiger partial charge < -0.3 is 14.2 Å². The van der Waals surface area contributed by atoms with Gasteiger partial charge in [0.05, 0.1) is 19.3 Å². The zero-order chi connectivity index (χ0) is 24.8. The molecule has 3 nitrogen and oxygen atoms in total. The molecule has 0 saturated heterocycles. The van der Waals surface area contributed by atoms with Gasteiger partial charge in [-0.3, -0.25) is 0 Å². The zero-order valence-corrected chi connectivity index (χ0v) is 20.8. The molecule has 4 rings (SSSR count). The quantitative estimate of drug-likeness (QED) is 0.361. The summed E-state index contributed by atoms with van der Waals surface area (Å²) in [6.07, 6.45) is 6.90. The summed E-state index contributed by atoms with van der Waals surface area (Å²) in [5.74, 6) is -1.14. The number of ether oxygens (including phenoxy) is 3. The third kappa shape index (κ3) is 6.39. The number of rotatable bonds is 9. The van der Waals surface area contributed by atoms with Crippen molar-refractivity contribution in [2.45, 2.75) is 82.8 Å². The van der Waals surface area contributed by atoms with E-state index in [0.29, 0.717) is 30.9 Å². The summed E-state index contributed by atoms with van der Waals surface area (Å²) in [4.78, 5) is 0. The van der Waals surface area contributed by atoms with E-state index in [2.05, 4.69) is 0 Å². The van der Waals surface area contributed by atoms with Crippen molar-refractivity contribution in [3.63, 3.8) is 0 Å². The number of hydrogen-bond acceptors (Lipinski definition) is 3. The number of benzene rings is 2. The van der Waals surface area contributed by atoms with Crippen LogP contribution in [0.1, 0.15) is 86.8 Å². The van der Waals surface area contributed by atoms with Gasteiger partial charge in [0.1, 0.15) is 0 Å². The number of halogens is 3. The van der Waals surface area contributed by atoms with Crippen LogP contribution in [0.25, 0.3) is 0 Å². The van der Waals surface area contributed by atoms with Crippen LogP contribution in [0, 0.1) is 23.4 Å². The van der Waals surface area contributed by atoms with E-state index in [4.69, 9.17) is 14.2 Å².